The van der Waals surface area contributed by atoms with Gasteiger partial charge in [0.2, 0.25) is 0 Å². The summed E-state index contributed by atoms with van der Waals surface area (Å²) < 4.78 is 0. The van der Waals surface area contributed by atoms with Crippen LogP contribution < -0.4 is 4.90 Å². The highest BCUT2D eigenvalue weighted by molar-refractivity contribution is 5.93. The number of hydrogen-bond donors (Lipinski definition) is 1. The van der Waals surface area contributed by atoms with E-state index in [0.29, 0.717) is 11.9 Å². The van der Waals surface area contributed by atoms with Crippen molar-refractivity contribution in [3.05, 3.63) is 17.8 Å². The van der Waals surface area contributed by atoms with E-state index in [2.05, 4.69) is 10.2 Å². The van der Waals surface area contributed by atoms with Gasteiger partial charge in [-0.1, -0.05) is 0 Å². The molecule has 1 N–H and O–H groups in total. The summed E-state index contributed by atoms with van der Waals surface area (Å²) in [5.74, 6) is -0.485. The van der Waals surface area contributed by atoms with Crippen LogP contribution in [0.2, 0.25) is 0 Å². The molecular weight excluding hydrogens is 194 g/mol. The van der Waals surface area contributed by atoms with Gasteiger partial charge >= 0.3 is 5.97 Å². The molecule has 0 amide bonds. The molecule has 0 aliphatic heterocycles. The van der Waals surface area contributed by atoms with Crippen LogP contribution in [0.25, 0.3) is 0 Å². The molecule has 1 aromatic heterocycles. The number of hydrogen-bond acceptors (Lipinski definition) is 4. The van der Waals surface area contributed by atoms with Gasteiger partial charge in [0, 0.05) is 13.1 Å². The molecule has 1 aromatic rings. The molecule has 0 unspecified atom stereocenters. The number of carboxylic acids is 1. The molecule has 1 heterocycles. The van der Waals surface area contributed by atoms with E-state index in [1.165, 1.54) is 18.7 Å². The summed E-state index contributed by atoms with van der Waals surface area (Å²) in [4.78, 5) is 12.9. The van der Waals surface area contributed by atoms with E-state index in [1.54, 1.807) is 0 Å². The first-order chi connectivity index (χ1) is 7.20. The highest BCUT2D eigenvalue weighted by atomic mass is 16.4. The summed E-state index contributed by atoms with van der Waals surface area (Å²) in [6.45, 7) is 0. The molecule has 0 atom stereocenters. The minimum Gasteiger partial charge on any atom is -0.478 e. The van der Waals surface area contributed by atoms with Gasteiger partial charge in [-0.2, -0.15) is 5.10 Å². The van der Waals surface area contributed by atoms with E-state index in [4.69, 9.17) is 5.11 Å². The van der Waals surface area contributed by atoms with Crippen LogP contribution in [0.15, 0.2) is 12.3 Å². The van der Waals surface area contributed by atoms with Crippen LogP contribution in [-0.2, 0) is 0 Å². The van der Waals surface area contributed by atoms with Crippen molar-refractivity contribution in [1.82, 2.24) is 10.2 Å². The molecule has 5 heteroatoms. The lowest BCUT2D eigenvalue weighted by atomic mass is 9.92. The Balaban J connectivity index is 2.29. The zero-order valence-corrected chi connectivity index (χ0v) is 8.55. The van der Waals surface area contributed by atoms with Gasteiger partial charge in [0.25, 0.3) is 0 Å². The highest BCUT2D eigenvalue weighted by Crippen LogP contribution is 2.28. The lowest BCUT2D eigenvalue weighted by Crippen LogP contribution is -2.38. The summed E-state index contributed by atoms with van der Waals surface area (Å²) in [5.41, 5.74) is 0.222. The number of rotatable bonds is 3. The van der Waals surface area contributed by atoms with Crippen molar-refractivity contribution in [2.75, 3.05) is 11.9 Å². The fraction of sp³-hybridized carbons (Fsp3) is 0.500. The van der Waals surface area contributed by atoms with Crippen molar-refractivity contribution in [2.45, 2.75) is 25.3 Å². The van der Waals surface area contributed by atoms with E-state index < -0.39 is 5.97 Å². The van der Waals surface area contributed by atoms with Crippen LogP contribution in [0.5, 0.6) is 0 Å². The Hall–Kier alpha value is -1.65. The number of aromatic nitrogens is 2. The van der Waals surface area contributed by atoms with Crippen molar-refractivity contribution < 1.29 is 9.90 Å². The molecule has 0 spiro atoms. The molecule has 0 bridgehead atoms. The summed E-state index contributed by atoms with van der Waals surface area (Å²) >= 11 is 0. The Labute approximate surface area is 87.7 Å². The molecule has 0 radical (unpaired) electrons. The predicted octanol–water partition coefficient (Wildman–Crippen LogP) is 1.16. The van der Waals surface area contributed by atoms with Gasteiger partial charge in [-0.15, -0.1) is 5.10 Å². The van der Waals surface area contributed by atoms with Gasteiger partial charge in [0.15, 0.2) is 5.82 Å². The molecular formula is C10H13N3O2. The molecule has 1 saturated carbocycles. The summed E-state index contributed by atoms with van der Waals surface area (Å²) in [6.07, 6.45) is 4.82. The zero-order chi connectivity index (χ0) is 10.8. The topological polar surface area (TPSA) is 66.3 Å². The quantitative estimate of drug-likeness (QED) is 0.805. The summed E-state index contributed by atoms with van der Waals surface area (Å²) in [5, 5.41) is 16.6. The first-order valence-electron chi connectivity index (χ1n) is 4.98. The molecule has 1 aliphatic carbocycles. The average Bonchev–Trinajstić information content (AvgIpc) is 2.15. The fourth-order valence-corrected chi connectivity index (χ4v) is 1.70. The fourth-order valence-electron chi connectivity index (χ4n) is 1.70. The third kappa shape index (κ3) is 1.77. The molecule has 80 valence electrons. The second-order valence-electron chi connectivity index (χ2n) is 3.77. The van der Waals surface area contributed by atoms with Gasteiger partial charge in [0.05, 0.1) is 6.20 Å². The Morgan fingerprint density at radius 3 is 2.87 bits per heavy atom. The summed E-state index contributed by atoms with van der Waals surface area (Å²) in [6, 6.07) is 1.90. The highest BCUT2D eigenvalue weighted by Gasteiger charge is 2.26. The van der Waals surface area contributed by atoms with Crippen LogP contribution in [0, 0.1) is 0 Å². The second-order valence-corrected chi connectivity index (χ2v) is 3.77. The zero-order valence-electron chi connectivity index (χ0n) is 8.55. The molecule has 1 aliphatic rings. The Kier molecular flexibility index (Phi) is 2.53. The standard InChI is InChI=1S/C10H13N3O2/c1-13(7-3-2-4-7)9-8(10(14)15)5-6-11-12-9/h5-7H,2-4H2,1H3,(H,14,15). The first-order valence-corrected chi connectivity index (χ1v) is 4.98. The number of nitrogens with zero attached hydrogens (tertiary/aromatic N) is 3. The molecule has 2 rings (SSSR count). The van der Waals surface area contributed by atoms with Crippen LogP contribution in [0.1, 0.15) is 29.6 Å². The number of aromatic carboxylic acids is 1. The normalized spacial score (nSPS) is 15.8. The largest absolute Gasteiger partial charge is 0.478 e. The maximum atomic E-state index is 11.0. The number of carboxylic acid groups (broad SMARTS) is 1. The van der Waals surface area contributed by atoms with Gasteiger partial charge in [-0.25, -0.2) is 4.79 Å². The number of anilines is 1. The summed E-state index contributed by atoms with van der Waals surface area (Å²) in [7, 11) is 1.88. The lowest BCUT2D eigenvalue weighted by Gasteiger charge is -2.35. The SMILES string of the molecule is CN(c1nnccc1C(=O)O)C1CCC1. The molecule has 0 aromatic carbocycles. The monoisotopic (exact) mass is 207 g/mol. The Morgan fingerprint density at radius 1 is 1.60 bits per heavy atom. The third-order valence-electron chi connectivity index (χ3n) is 2.89. The van der Waals surface area contributed by atoms with Crippen LogP contribution >= 0.6 is 0 Å². The van der Waals surface area contributed by atoms with Crippen molar-refractivity contribution in [1.29, 1.82) is 0 Å². The van der Waals surface area contributed by atoms with E-state index in [-0.39, 0.29) is 5.56 Å². The van der Waals surface area contributed by atoms with E-state index in [1.807, 2.05) is 11.9 Å². The number of carbonyl (C=O) groups is 1. The smallest absolute Gasteiger partial charge is 0.339 e. The van der Waals surface area contributed by atoms with E-state index >= 15 is 0 Å². The third-order valence-corrected chi connectivity index (χ3v) is 2.89. The van der Waals surface area contributed by atoms with Crippen LogP contribution in [0.3, 0.4) is 0 Å². The minimum atomic E-state index is -0.953. The molecule has 15 heavy (non-hydrogen) atoms. The van der Waals surface area contributed by atoms with Crippen LogP contribution in [-0.4, -0.2) is 34.4 Å². The Morgan fingerprint density at radius 2 is 2.33 bits per heavy atom. The predicted molar refractivity (Wildman–Crippen MR) is 55.0 cm³/mol. The van der Waals surface area contributed by atoms with Gasteiger partial charge in [0.1, 0.15) is 5.56 Å². The lowest BCUT2D eigenvalue weighted by molar-refractivity contribution is 0.0696. The van der Waals surface area contributed by atoms with Gasteiger partial charge in [-0.3, -0.25) is 0 Å². The molecule has 1 fully saturated rings. The van der Waals surface area contributed by atoms with Gasteiger partial charge in [-0.05, 0) is 25.3 Å². The average molecular weight is 207 g/mol. The van der Waals surface area contributed by atoms with Gasteiger partial charge < -0.3 is 10.0 Å². The van der Waals surface area contributed by atoms with Crippen molar-refractivity contribution in [3.63, 3.8) is 0 Å². The van der Waals surface area contributed by atoms with E-state index in [9.17, 15) is 4.79 Å². The van der Waals surface area contributed by atoms with Crippen LogP contribution in [0.4, 0.5) is 5.82 Å². The second kappa shape index (κ2) is 3.84. The maximum Gasteiger partial charge on any atom is 0.339 e. The van der Waals surface area contributed by atoms with Crippen molar-refractivity contribution in [2.24, 2.45) is 0 Å². The minimum absolute atomic E-state index is 0.222. The first kappa shape index (κ1) is 9.89. The van der Waals surface area contributed by atoms with Crippen molar-refractivity contribution in [3.8, 4) is 0 Å². The maximum absolute atomic E-state index is 11.0. The Bertz CT molecular complexity index is 377. The molecule has 5 nitrogen and oxygen atoms in total. The van der Waals surface area contributed by atoms with E-state index in [0.717, 1.165) is 12.8 Å². The molecule has 0 saturated heterocycles. The van der Waals surface area contributed by atoms with Crippen molar-refractivity contribution >= 4 is 11.8 Å².